The first kappa shape index (κ1) is 18.8. The minimum Gasteiger partial charge on any atom is -0.382 e. The zero-order chi connectivity index (χ0) is 19.7. The molecule has 4 rings (SSSR count). The molecule has 1 aliphatic heterocycles. The molecule has 144 valence electrons. The monoisotopic (exact) mass is 412 g/mol. The molecule has 0 radical (unpaired) electrons. The van der Waals surface area contributed by atoms with Crippen LogP contribution < -0.4 is 9.62 Å². The highest BCUT2D eigenvalue weighted by molar-refractivity contribution is 7.92. The molecule has 0 aliphatic carbocycles. The van der Waals surface area contributed by atoms with E-state index in [-0.39, 0.29) is 17.0 Å². The van der Waals surface area contributed by atoms with Crippen molar-refractivity contribution in [2.45, 2.75) is 30.3 Å². The van der Waals surface area contributed by atoms with Gasteiger partial charge in [-0.3, -0.25) is 4.31 Å². The highest BCUT2D eigenvalue weighted by atomic mass is 35.5. The van der Waals surface area contributed by atoms with Crippen molar-refractivity contribution in [1.82, 2.24) is 0 Å². The van der Waals surface area contributed by atoms with Crippen LogP contribution in [-0.2, 0) is 10.0 Å². The van der Waals surface area contributed by atoms with E-state index < -0.39 is 10.0 Å². The molecule has 0 aromatic heterocycles. The second-order valence-electron chi connectivity index (χ2n) is 6.97. The third-order valence-electron chi connectivity index (χ3n) is 4.96. The zero-order valence-electron chi connectivity index (χ0n) is 15.4. The Kier molecular flexibility index (Phi) is 5.04. The predicted molar refractivity (Wildman–Crippen MR) is 114 cm³/mol. The number of halogens is 1. The third kappa shape index (κ3) is 3.48. The topological polar surface area (TPSA) is 49.4 Å². The first-order valence-corrected chi connectivity index (χ1v) is 11.0. The molecule has 3 aromatic carbocycles. The number of para-hydroxylation sites is 2. The fourth-order valence-corrected chi connectivity index (χ4v) is 5.48. The summed E-state index contributed by atoms with van der Waals surface area (Å²) in [6.45, 7) is 2.07. The number of anilines is 2. The van der Waals surface area contributed by atoms with Crippen LogP contribution in [0.25, 0.3) is 0 Å². The SMILES string of the molecule is CC1CC(N(c2ccccc2)S(=O)(=O)c2ccc(Cl)cc2)c2ccccc2N1. The molecule has 4 nitrogen and oxygen atoms in total. The van der Waals surface area contributed by atoms with Crippen LogP contribution in [0.15, 0.2) is 83.8 Å². The lowest BCUT2D eigenvalue weighted by Gasteiger charge is -2.39. The van der Waals surface area contributed by atoms with Crippen molar-refractivity contribution in [1.29, 1.82) is 0 Å². The molecule has 2 unspecified atom stereocenters. The predicted octanol–water partition coefficient (Wildman–Crippen LogP) is 5.48. The Hall–Kier alpha value is -2.50. The minimum absolute atomic E-state index is 0.145. The van der Waals surface area contributed by atoms with Crippen molar-refractivity contribution in [2.24, 2.45) is 0 Å². The molecular weight excluding hydrogens is 392 g/mol. The Morgan fingerprint density at radius 2 is 1.57 bits per heavy atom. The Labute approximate surface area is 170 Å². The van der Waals surface area contributed by atoms with E-state index in [1.807, 2.05) is 54.6 Å². The van der Waals surface area contributed by atoms with E-state index in [0.29, 0.717) is 17.1 Å². The molecule has 6 heteroatoms. The lowest BCUT2D eigenvalue weighted by atomic mass is 9.93. The first-order valence-electron chi connectivity index (χ1n) is 9.17. The van der Waals surface area contributed by atoms with E-state index in [1.165, 1.54) is 0 Å². The maximum atomic E-state index is 13.7. The van der Waals surface area contributed by atoms with E-state index in [0.717, 1.165) is 11.3 Å². The van der Waals surface area contributed by atoms with Gasteiger partial charge in [0, 0.05) is 16.8 Å². The second kappa shape index (κ2) is 7.49. The standard InChI is InChI=1S/C22H21ClN2O2S/c1-16-15-22(20-9-5-6-10-21(20)24-16)25(18-7-3-2-4-8-18)28(26,27)19-13-11-17(23)12-14-19/h2-14,16,22,24H,15H2,1H3. The van der Waals surface area contributed by atoms with Gasteiger partial charge in [-0.2, -0.15) is 0 Å². The molecule has 0 fully saturated rings. The van der Waals surface area contributed by atoms with Crippen molar-refractivity contribution in [3.63, 3.8) is 0 Å². The fourth-order valence-electron chi connectivity index (χ4n) is 3.71. The number of nitrogens with one attached hydrogen (secondary N) is 1. The number of hydrogen-bond donors (Lipinski definition) is 1. The van der Waals surface area contributed by atoms with Gasteiger partial charge in [0.25, 0.3) is 10.0 Å². The van der Waals surface area contributed by atoms with Crippen LogP contribution in [0.3, 0.4) is 0 Å². The molecule has 0 spiro atoms. The molecule has 0 saturated heterocycles. The Balaban J connectivity index is 1.90. The highest BCUT2D eigenvalue weighted by Crippen LogP contribution is 2.41. The van der Waals surface area contributed by atoms with Crippen LogP contribution in [0.5, 0.6) is 0 Å². The lowest BCUT2D eigenvalue weighted by Crippen LogP contribution is -2.40. The molecule has 1 heterocycles. The second-order valence-corrected chi connectivity index (χ2v) is 9.23. The van der Waals surface area contributed by atoms with Crippen LogP contribution in [0.1, 0.15) is 24.9 Å². The summed E-state index contributed by atoms with van der Waals surface area (Å²) < 4.78 is 29.0. The maximum absolute atomic E-state index is 13.7. The van der Waals surface area contributed by atoms with Crippen molar-refractivity contribution in [3.05, 3.63) is 89.4 Å². The van der Waals surface area contributed by atoms with Gasteiger partial charge in [-0.1, -0.05) is 48.0 Å². The summed E-state index contributed by atoms with van der Waals surface area (Å²) in [5.74, 6) is 0. The van der Waals surface area contributed by atoms with Crippen LogP contribution in [0, 0.1) is 0 Å². The highest BCUT2D eigenvalue weighted by Gasteiger charge is 2.36. The summed E-state index contributed by atoms with van der Waals surface area (Å²) in [5, 5.41) is 3.96. The largest absolute Gasteiger partial charge is 0.382 e. The summed E-state index contributed by atoms with van der Waals surface area (Å²) in [5.41, 5.74) is 2.59. The number of sulfonamides is 1. The zero-order valence-corrected chi connectivity index (χ0v) is 17.0. The van der Waals surface area contributed by atoms with Crippen molar-refractivity contribution < 1.29 is 8.42 Å². The van der Waals surface area contributed by atoms with E-state index in [4.69, 9.17) is 11.6 Å². The van der Waals surface area contributed by atoms with E-state index in [2.05, 4.69) is 12.2 Å². The number of hydrogen-bond acceptors (Lipinski definition) is 3. The van der Waals surface area contributed by atoms with E-state index in [9.17, 15) is 8.42 Å². The number of benzene rings is 3. The summed E-state index contributed by atoms with van der Waals surface area (Å²) in [7, 11) is -3.79. The van der Waals surface area contributed by atoms with Gasteiger partial charge >= 0.3 is 0 Å². The first-order chi connectivity index (χ1) is 13.5. The quantitative estimate of drug-likeness (QED) is 0.617. The van der Waals surface area contributed by atoms with Gasteiger partial charge in [-0.25, -0.2) is 8.42 Å². The average Bonchev–Trinajstić information content (AvgIpc) is 2.69. The van der Waals surface area contributed by atoms with Gasteiger partial charge in [-0.15, -0.1) is 0 Å². The summed E-state index contributed by atoms with van der Waals surface area (Å²) in [6, 6.07) is 23.3. The molecule has 2 atom stereocenters. The Morgan fingerprint density at radius 3 is 2.29 bits per heavy atom. The molecule has 3 aromatic rings. The van der Waals surface area contributed by atoms with Crippen molar-refractivity contribution in [3.8, 4) is 0 Å². The third-order valence-corrected chi connectivity index (χ3v) is 7.07. The molecule has 1 N–H and O–H groups in total. The van der Waals surface area contributed by atoms with Crippen LogP contribution >= 0.6 is 11.6 Å². The summed E-state index contributed by atoms with van der Waals surface area (Å²) >= 11 is 5.98. The Bertz CT molecular complexity index is 1070. The van der Waals surface area contributed by atoms with Gasteiger partial charge in [-0.05, 0) is 61.4 Å². The van der Waals surface area contributed by atoms with Crippen LogP contribution in [-0.4, -0.2) is 14.5 Å². The van der Waals surface area contributed by atoms with E-state index >= 15 is 0 Å². The molecule has 28 heavy (non-hydrogen) atoms. The fraction of sp³-hybridized carbons (Fsp3) is 0.182. The van der Waals surface area contributed by atoms with Crippen LogP contribution in [0.2, 0.25) is 5.02 Å². The molecule has 0 bridgehead atoms. The number of rotatable bonds is 4. The Morgan fingerprint density at radius 1 is 0.929 bits per heavy atom. The molecule has 0 amide bonds. The molecular formula is C22H21ClN2O2S. The average molecular weight is 413 g/mol. The number of nitrogens with zero attached hydrogens (tertiary/aromatic N) is 1. The van der Waals surface area contributed by atoms with Crippen molar-refractivity contribution >= 4 is 33.0 Å². The normalized spacial score (nSPS) is 18.8. The van der Waals surface area contributed by atoms with Gasteiger partial charge in [0.15, 0.2) is 0 Å². The van der Waals surface area contributed by atoms with Crippen molar-refractivity contribution in [2.75, 3.05) is 9.62 Å². The van der Waals surface area contributed by atoms with Gasteiger partial charge in [0.05, 0.1) is 16.6 Å². The van der Waals surface area contributed by atoms with Crippen LogP contribution in [0.4, 0.5) is 11.4 Å². The summed E-state index contributed by atoms with van der Waals surface area (Å²) in [6.07, 6.45) is 0.665. The number of fused-ring (bicyclic) bond motifs is 1. The lowest BCUT2D eigenvalue weighted by molar-refractivity contribution is 0.541. The summed E-state index contributed by atoms with van der Waals surface area (Å²) in [4.78, 5) is 0.226. The smallest absolute Gasteiger partial charge is 0.264 e. The van der Waals surface area contributed by atoms with Gasteiger partial charge in [0.2, 0.25) is 0 Å². The van der Waals surface area contributed by atoms with Gasteiger partial charge < -0.3 is 5.32 Å². The van der Waals surface area contributed by atoms with Gasteiger partial charge in [0.1, 0.15) is 0 Å². The molecule has 1 aliphatic rings. The molecule has 0 saturated carbocycles. The maximum Gasteiger partial charge on any atom is 0.264 e. The minimum atomic E-state index is -3.79. The van der Waals surface area contributed by atoms with E-state index in [1.54, 1.807) is 28.6 Å².